The Morgan fingerprint density at radius 1 is 1.24 bits per heavy atom. The lowest BCUT2D eigenvalue weighted by molar-refractivity contribution is -0.149. The van der Waals surface area contributed by atoms with Gasteiger partial charge in [-0.1, -0.05) is 18.2 Å². The van der Waals surface area contributed by atoms with Gasteiger partial charge in [0.1, 0.15) is 30.7 Å². The van der Waals surface area contributed by atoms with E-state index in [4.69, 9.17) is 18.5 Å². The Morgan fingerprint density at radius 2 is 1.89 bits per heavy atom. The fraction of sp³-hybridized carbons (Fsp3) is 0.522. The lowest BCUT2D eigenvalue weighted by Crippen LogP contribution is -2.51. The number of H-pyrrole nitrogens is 1. The molecule has 3 rings (SSSR count). The number of para-hydroxylation sites is 1. The number of carbonyl (C=O) groups is 1. The van der Waals surface area contributed by atoms with E-state index in [0.29, 0.717) is 4.57 Å². The quantitative estimate of drug-likeness (QED) is 0.228. The molecular weight excluding hydrogens is 528 g/mol. The van der Waals surface area contributed by atoms with Crippen molar-refractivity contribution in [3.63, 3.8) is 0 Å². The summed E-state index contributed by atoms with van der Waals surface area (Å²) in [5.41, 5.74) is -4.39. The lowest BCUT2D eigenvalue weighted by atomic mass is 9.93. The highest BCUT2D eigenvalue weighted by molar-refractivity contribution is 7.52. The van der Waals surface area contributed by atoms with Crippen LogP contribution in [0.25, 0.3) is 0 Å². The molecule has 0 aliphatic carbocycles. The van der Waals surface area contributed by atoms with Gasteiger partial charge in [-0.25, -0.2) is 13.8 Å². The number of hydrogen-bond acceptors (Lipinski definition) is 10. The van der Waals surface area contributed by atoms with Gasteiger partial charge >= 0.3 is 19.4 Å². The predicted octanol–water partition coefficient (Wildman–Crippen LogP) is 1.02. The highest BCUT2D eigenvalue weighted by atomic mass is 31.2. The molecule has 0 bridgehead atoms. The predicted molar refractivity (Wildman–Crippen MR) is 131 cm³/mol. The molecule has 0 spiro atoms. The molecule has 0 radical (unpaired) electrons. The molecule has 15 heteroatoms. The first-order valence-corrected chi connectivity index (χ1v) is 13.3. The van der Waals surface area contributed by atoms with Crippen LogP contribution in [0, 0.1) is 0 Å². The van der Waals surface area contributed by atoms with Crippen molar-refractivity contribution in [2.24, 2.45) is 0 Å². The van der Waals surface area contributed by atoms with Gasteiger partial charge in [-0.3, -0.25) is 23.7 Å². The number of rotatable bonds is 11. The number of aromatic nitrogens is 2. The number of aromatic amines is 1. The van der Waals surface area contributed by atoms with E-state index in [1.165, 1.54) is 26.0 Å². The lowest BCUT2D eigenvalue weighted by Gasteiger charge is -2.30. The molecule has 1 aliphatic heterocycles. The number of aliphatic hydroxyl groups excluding tert-OH is 1. The molecule has 1 unspecified atom stereocenters. The van der Waals surface area contributed by atoms with E-state index in [0.717, 1.165) is 12.3 Å². The Hall–Kier alpha value is -2.87. The van der Waals surface area contributed by atoms with E-state index < -0.39 is 73.9 Å². The van der Waals surface area contributed by atoms with Crippen molar-refractivity contribution < 1.29 is 42.5 Å². The first-order valence-electron chi connectivity index (χ1n) is 11.7. The van der Waals surface area contributed by atoms with Crippen molar-refractivity contribution in [2.75, 3.05) is 6.67 Å². The average Bonchev–Trinajstić information content (AvgIpc) is 3.10. The summed E-state index contributed by atoms with van der Waals surface area (Å²) in [7, 11) is -4.42. The van der Waals surface area contributed by atoms with Gasteiger partial charge in [0, 0.05) is 12.3 Å². The second kappa shape index (κ2) is 11.9. The number of esters is 1. The number of halogens is 1. The third kappa shape index (κ3) is 6.57. The van der Waals surface area contributed by atoms with E-state index >= 15 is 0 Å². The Balaban J connectivity index is 1.89. The molecule has 0 amide bonds. The molecule has 1 aromatic heterocycles. The van der Waals surface area contributed by atoms with Crippen molar-refractivity contribution in [3.8, 4) is 5.75 Å². The molecule has 38 heavy (non-hydrogen) atoms. The molecule has 1 fully saturated rings. The average molecular weight is 559 g/mol. The van der Waals surface area contributed by atoms with Crippen LogP contribution in [-0.4, -0.2) is 68.5 Å². The number of benzene rings is 1. The first-order chi connectivity index (χ1) is 17.8. The second-order valence-corrected chi connectivity index (χ2v) is 10.7. The van der Waals surface area contributed by atoms with E-state index in [1.54, 1.807) is 32.0 Å². The van der Waals surface area contributed by atoms with Crippen LogP contribution in [-0.2, 0) is 23.4 Å². The topological polar surface area (TPSA) is 178 Å². The van der Waals surface area contributed by atoms with E-state index in [1.807, 2.05) is 4.98 Å². The number of hydrogen-bond donors (Lipinski definition) is 4. The van der Waals surface area contributed by atoms with Crippen LogP contribution in [0.5, 0.6) is 5.75 Å². The number of nitrogens with zero attached hydrogens (tertiary/aromatic N) is 1. The monoisotopic (exact) mass is 559 g/mol. The number of alkyl halides is 1. The van der Waals surface area contributed by atoms with Crippen molar-refractivity contribution >= 4 is 13.7 Å². The summed E-state index contributed by atoms with van der Waals surface area (Å²) in [4.78, 5) is 38.0. The van der Waals surface area contributed by atoms with Crippen molar-refractivity contribution in [3.05, 3.63) is 63.4 Å². The highest BCUT2D eigenvalue weighted by Gasteiger charge is 2.59. The van der Waals surface area contributed by atoms with E-state index in [2.05, 4.69) is 5.09 Å². The molecule has 0 saturated carbocycles. The second-order valence-electron chi connectivity index (χ2n) is 9.09. The van der Waals surface area contributed by atoms with Crippen molar-refractivity contribution in [1.29, 1.82) is 0 Å². The van der Waals surface area contributed by atoms with Gasteiger partial charge in [0.15, 0.2) is 11.8 Å². The van der Waals surface area contributed by atoms with Crippen LogP contribution in [0.4, 0.5) is 4.39 Å². The van der Waals surface area contributed by atoms with E-state index in [-0.39, 0.29) is 5.75 Å². The van der Waals surface area contributed by atoms with Crippen LogP contribution < -0.4 is 20.9 Å². The third-order valence-corrected chi connectivity index (χ3v) is 7.41. The summed E-state index contributed by atoms with van der Waals surface area (Å²) in [5.74, 6) is -0.625. The maximum absolute atomic E-state index is 14.0. The van der Waals surface area contributed by atoms with Crippen LogP contribution in [0.15, 0.2) is 52.2 Å². The Bertz CT molecular complexity index is 1270. The first kappa shape index (κ1) is 29.7. The summed E-state index contributed by atoms with van der Waals surface area (Å²) in [6.45, 7) is 4.42. The molecule has 13 nitrogen and oxygen atoms in total. The van der Waals surface area contributed by atoms with Gasteiger partial charge in [0.2, 0.25) is 0 Å². The maximum Gasteiger partial charge on any atom is 0.459 e. The third-order valence-electron chi connectivity index (χ3n) is 5.65. The van der Waals surface area contributed by atoms with Crippen LogP contribution in [0.2, 0.25) is 0 Å². The Morgan fingerprint density at radius 3 is 2.47 bits per heavy atom. The molecule has 1 aromatic carbocycles. The Kier molecular flexibility index (Phi) is 9.29. The minimum Gasteiger partial charge on any atom is -0.462 e. The summed E-state index contributed by atoms with van der Waals surface area (Å²) in [6.07, 6.45) is -6.12. The summed E-state index contributed by atoms with van der Waals surface area (Å²) >= 11 is 0. The molecule has 2 heterocycles. The molecule has 7 atom stereocenters. The molecule has 2 aromatic rings. The van der Waals surface area contributed by atoms with Gasteiger partial charge < -0.3 is 24.2 Å². The zero-order chi connectivity index (χ0) is 28.3. The van der Waals surface area contributed by atoms with Crippen molar-refractivity contribution in [2.45, 2.75) is 70.0 Å². The minimum atomic E-state index is -4.42. The zero-order valence-corrected chi connectivity index (χ0v) is 22.0. The van der Waals surface area contributed by atoms with Gasteiger partial charge in [0.25, 0.3) is 5.56 Å². The number of carbonyl (C=O) groups excluding carboxylic acids is 1. The van der Waals surface area contributed by atoms with Gasteiger partial charge in [0.05, 0.1) is 12.2 Å². The number of aliphatic hydroxyl groups is 2. The van der Waals surface area contributed by atoms with Crippen molar-refractivity contribution in [1.82, 2.24) is 14.6 Å². The van der Waals surface area contributed by atoms with Gasteiger partial charge in [-0.2, -0.15) is 5.09 Å². The number of nitrogens with one attached hydrogen (secondary N) is 2. The smallest absolute Gasteiger partial charge is 0.459 e. The largest absolute Gasteiger partial charge is 0.462 e. The minimum absolute atomic E-state index is 0.116. The summed E-state index contributed by atoms with van der Waals surface area (Å²) in [6, 6.07) is 7.67. The Labute approximate surface area is 217 Å². The highest BCUT2D eigenvalue weighted by Crippen LogP contribution is 2.49. The van der Waals surface area contributed by atoms with E-state index in [9.17, 15) is 33.6 Å². The fourth-order valence-corrected chi connectivity index (χ4v) is 5.50. The fourth-order valence-electron chi connectivity index (χ4n) is 3.80. The van der Waals surface area contributed by atoms with Gasteiger partial charge in [-0.05, 0) is 39.8 Å². The summed E-state index contributed by atoms with van der Waals surface area (Å²) < 4.78 is 50.5. The SMILES string of the molecule is CC(C)OC(=O)[C@H](C)N[P@@](=O)(Oc1ccccc1)O[C@@H](C)[C@H]1O[C@@H](n2ccc(=O)[nH]c2=O)[C@@](O)(CF)C1O. The van der Waals surface area contributed by atoms with Gasteiger partial charge in [-0.15, -0.1) is 0 Å². The summed E-state index contributed by atoms with van der Waals surface area (Å²) in [5, 5.41) is 24.2. The molecular formula is C23H31FN3O10P. The van der Waals surface area contributed by atoms with Crippen LogP contribution in [0.3, 0.4) is 0 Å². The normalized spacial score (nSPS) is 26.5. The standard InChI is InChI=1S/C23H31FN3O10P/c1-13(2)34-20(30)14(3)26-38(33,37-16-8-6-5-7-9-16)36-15(4)18-19(29)23(32,12-24)21(35-18)27-11-10-17(28)25-22(27)31/h5-11,13-15,18-19,21,29,32H,12H2,1-4H3,(H,26,33)(H,25,28,31)/t14-,15-,18+,19?,21+,23+,38-/m0/s1. The molecule has 1 aliphatic rings. The molecule has 1 saturated heterocycles. The number of ether oxygens (including phenoxy) is 2. The molecule has 4 N–H and O–H groups in total. The molecule has 210 valence electrons. The maximum atomic E-state index is 14.0. The zero-order valence-electron chi connectivity index (χ0n) is 21.1. The van der Waals surface area contributed by atoms with Crippen LogP contribution >= 0.6 is 7.75 Å². The van der Waals surface area contributed by atoms with Crippen LogP contribution in [0.1, 0.15) is 33.9 Å².